The monoisotopic (exact) mass is 285 g/mol. The predicted octanol–water partition coefficient (Wildman–Crippen LogP) is 2.40. The summed E-state index contributed by atoms with van der Waals surface area (Å²) < 4.78 is 0. The summed E-state index contributed by atoms with van der Waals surface area (Å²) in [4.78, 5) is 16.5. The number of hydrogen-bond acceptors (Lipinski definition) is 3. The van der Waals surface area contributed by atoms with Gasteiger partial charge in [-0.3, -0.25) is 9.78 Å². The summed E-state index contributed by atoms with van der Waals surface area (Å²) in [5, 5.41) is 2.82. The average molecular weight is 285 g/mol. The van der Waals surface area contributed by atoms with Gasteiger partial charge >= 0.3 is 0 Å². The Morgan fingerprint density at radius 2 is 2.00 bits per heavy atom. The van der Waals surface area contributed by atoms with Crippen LogP contribution in [0.15, 0.2) is 48.8 Å². The molecule has 0 saturated carbocycles. The number of nitrogens with two attached hydrogens (primary N) is 1. The molecule has 2 rings (SSSR count). The SMILES string of the molecule is Cc1ccncc1NC(=O)C(C(N)=S)c1ccccc1. The van der Waals surface area contributed by atoms with E-state index in [4.69, 9.17) is 18.0 Å². The van der Waals surface area contributed by atoms with Gasteiger partial charge in [0.25, 0.3) is 0 Å². The second-order valence-electron chi connectivity index (χ2n) is 4.43. The first kappa shape index (κ1) is 14.1. The van der Waals surface area contributed by atoms with Crippen LogP contribution in [-0.4, -0.2) is 15.9 Å². The lowest BCUT2D eigenvalue weighted by Gasteiger charge is -2.16. The van der Waals surface area contributed by atoms with E-state index in [1.54, 1.807) is 12.4 Å². The van der Waals surface area contributed by atoms with Gasteiger partial charge < -0.3 is 11.1 Å². The van der Waals surface area contributed by atoms with Gasteiger partial charge in [-0.1, -0.05) is 42.5 Å². The van der Waals surface area contributed by atoms with E-state index in [9.17, 15) is 4.79 Å². The molecule has 0 saturated heterocycles. The Morgan fingerprint density at radius 3 is 2.60 bits per heavy atom. The molecule has 0 aliphatic rings. The minimum absolute atomic E-state index is 0.148. The highest BCUT2D eigenvalue weighted by atomic mass is 32.1. The third kappa shape index (κ3) is 3.19. The first-order valence-electron chi connectivity index (χ1n) is 6.15. The van der Waals surface area contributed by atoms with E-state index in [0.717, 1.165) is 11.1 Å². The fourth-order valence-corrected chi connectivity index (χ4v) is 2.13. The molecule has 0 aliphatic heterocycles. The van der Waals surface area contributed by atoms with Crippen LogP contribution in [0.4, 0.5) is 5.69 Å². The number of nitrogens with one attached hydrogen (secondary N) is 1. The lowest BCUT2D eigenvalue weighted by molar-refractivity contribution is -0.116. The van der Waals surface area contributed by atoms with E-state index in [0.29, 0.717) is 5.69 Å². The lowest BCUT2D eigenvalue weighted by atomic mass is 9.98. The number of amides is 1. The zero-order valence-corrected chi connectivity index (χ0v) is 11.9. The van der Waals surface area contributed by atoms with Gasteiger partial charge in [-0.25, -0.2) is 0 Å². The van der Waals surface area contributed by atoms with Crippen LogP contribution >= 0.6 is 12.2 Å². The number of aryl methyl sites for hydroxylation is 1. The summed E-state index contributed by atoms with van der Waals surface area (Å²) in [5.41, 5.74) is 8.09. The van der Waals surface area contributed by atoms with E-state index in [-0.39, 0.29) is 10.9 Å². The summed E-state index contributed by atoms with van der Waals surface area (Å²) in [6, 6.07) is 11.1. The van der Waals surface area contributed by atoms with Crippen molar-refractivity contribution in [1.82, 2.24) is 4.98 Å². The van der Waals surface area contributed by atoms with E-state index < -0.39 is 5.92 Å². The van der Waals surface area contributed by atoms with Crippen molar-refractivity contribution in [2.24, 2.45) is 5.73 Å². The molecule has 2 aromatic rings. The van der Waals surface area contributed by atoms with Gasteiger partial charge in [-0.2, -0.15) is 0 Å². The quantitative estimate of drug-likeness (QED) is 0.846. The molecule has 0 spiro atoms. The van der Waals surface area contributed by atoms with Crippen LogP contribution in [0.25, 0.3) is 0 Å². The molecule has 1 atom stereocenters. The van der Waals surface area contributed by atoms with Crippen molar-refractivity contribution in [3.05, 3.63) is 59.9 Å². The zero-order chi connectivity index (χ0) is 14.5. The molecule has 0 bridgehead atoms. The molecule has 1 heterocycles. The number of anilines is 1. The third-order valence-electron chi connectivity index (χ3n) is 2.98. The number of aromatic nitrogens is 1. The van der Waals surface area contributed by atoms with Crippen molar-refractivity contribution in [3.63, 3.8) is 0 Å². The van der Waals surface area contributed by atoms with Gasteiger partial charge in [0.2, 0.25) is 5.91 Å². The third-order valence-corrected chi connectivity index (χ3v) is 3.21. The number of carbonyl (C=O) groups is 1. The van der Waals surface area contributed by atoms with Gasteiger partial charge in [0, 0.05) is 6.20 Å². The number of benzene rings is 1. The number of hydrogen-bond donors (Lipinski definition) is 2. The number of thiocarbonyl (C=S) groups is 1. The van der Waals surface area contributed by atoms with Gasteiger partial charge in [0.1, 0.15) is 5.92 Å². The number of nitrogens with zero attached hydrogens (tertiary/aromatic N) is 1. The maximum atomic E-state index is 12.4. The molecule has 1 aromatic carbocycles. The highest BCUT2D eigenvalue weighted by Crippen LogP contribution is 2.20. The molecule has 1 amide bonds. The van der Waals surface area contributed by atoms with Crippen molar-refractivity contribution in [2.75, 3.05) is 5.32 Å². The number of rotatable bonds is 4. The highest BCUT2D eigenvalue weighted by Gasteiger charge is 2.23. The topological polar surface area (TPSA) is 68.0 Å². The van der Waals surface area contributed by atoms with E-state index in [2.05, 4.69) is 10.3 Å². The Balaban J connectivity index is 2.25. The van der Waals surface area contributed by atoms with Crippen LogP contribution in [0.3, 0.4) is 0 Å². The van der Waals surface area contributed by atoms with Gasteiger partial charge in [-0.15, -0.1) is 0 Å². The molecule has 1 unspecified atom stereocenters. The first-order chi connectivity index (χ1) is 9.59. The van der Waals surface area contributed by atoms with E-state index in [1.807, 2.05) is 43.3 Å². The minimum atomic E-state index is -0.647. The molecule has 4 nitrogen and oxygen atoms in total. The maximum Gasteiger partial charge on any atom is 0.238 e. The van der Waals surface area contributed by atoms with Crippen LogP contribution in [0, 0.1) is 6.92 Å². The van der Waals surface area contributed by atoms with Crippen LogP contribution in [0.2, 0.25) is 0 Å². The van der Waals surface area contributed by atoms with Crippen molar-refractivity contribution in [1.29, 1.82) is 0 Å². The second kappa shape index (κ2) is 6.25. The average Bonchev–Trinajstić information content (AvgIpc) is 2.42. The summed E-state index contributed by atoms with van der Waals surface area (Å²) in [7, 11) is 0. The largest absolute Gasteiger partial charge is 0.392 e. The molecule has 102 valence electrons. The van der Waals surface area contributed by atoms with Crippen LogP contribution in [0.5, 0.6) is 0 Å². The van der Waals surface area contributed by atoms with Crippen LogP contribution in [0.1, 0.15) is 17.0 Å². The highest BCUT2D eigenvalue weighted by molar-refractivity contribution is 7.80. The maximum absolute atomic E-state index is 12.4. The Labute approximate surface area is 123 Å². The fourth-order valence-electron chi connectivity index (χ4n) is 1.89. The molecule has 0 aliphatic carbocycles. The summed E-state index contributed by atoms with van der Waals surface area (Å²) in [5.74, 6) is -0.898. The van der Waals surface area contributed by atoms with Crippen molar-refractivity contribution in [2.45, 2.75) is 12.8 Å². The van der Waals surface area contributed by atoms with Gasteiger partial charge in [0.05, 0.1) is 16.9 Å². The van der Waals surface area contributed by atoms with Crippen LogP contribution in [-0.2, 0) is 4.79 Å². The van der Waals surface area contributed by atoms with Crippen LogP contribution < -0.4 is 11.1 Å². The Hall–Kier alpha value is -2.27. The summed E-state index contributed by atoms with van der Waals surface area (Å²) in [6.07, 6.45) is 3.28. The molecule has 20 heavy (non-hydrogen) atoms. The fraction of sp³-hybridized carbons (Fsp3) is 0.133. The van der Waals surface area contributed by atoms with Crippen molar-refractivity contribution < 1.29 is 4.79 Å². The smallest absolute Gasteiger partial charge is 0.238 e. The zero-order valence-electron chi connectivity index (χ0n) is 11.0. The molecule has 3 N–H and O–H groups in total. The standard InChI is InChI=1S/C15H15N3OS/c1-10-7-8-17-9-12(10)18-15(19)13(14(16)20)11-5-3-2-4-6-11/h2-9,13H,1H3,(H2,16,20)(H,18,19). The van der Waals surface area contributed by atoms with Crippen molar-refractivity contribution in [3.8, 4) is 0 Å². The lowest BCUT2D eigenvalue weighted by Crippen LogP contribution is -2.31. The Morgan fingerprint density at radius 1 is 1.30 bits per heavy atom. The van der Waals surface area contributed by atoms with E-state index >= 15 is 0 Å². The van der Waals surface area contributed by atoms with E-state index in [1.165, 1.54) is 0 Å². The second-order valence-corrected chi connectivity index (χ2v) is 4.90. The normalized spacial score (nSPS) is 11.7. The number of pyridine rings is 1. The molecule has 0 radical (unpaired) electrons. The molecular weight excluding hydrogens is 270 g/mol. The summed E-state index contributed by atoms with van der Waals surface area (Å²) >= 11 is 5.03. The Bertz CT molecular complexity index is 628. The number of carbonyl (C=O) groups excluding carboxylic acids is 1. The molecule has 5 heteroatoms. The first-order valence-corrected chi connectivity index (χ1v) is 6.56. The Kier molecular flexibility index (Phi) is 4.42. The predicted molar refractivity (Wildman–Crippen MR) is 83.6 cm³/mol. The van der Waals surface area contributed by atoms with Crippen molar-refractivity contribution >= 4 is 28.8 Å². The minimum Gasteiger partial charge on any atom is -0.392 e. The van der Waals surface area contributed by atoms with Gasteiger partial charge in [0.15, 0.2) is 0 Å². The summed E-state index contributed by atoms with van der Waals surface area (Å²) in [6.45, 7) is 1.90. The molecule has 1 aromatic heterocycles. The van der Waals surface area contributed by atoms with Gasteiger partial charge in [-0.05, 0) is 24.1 Å². The molecular formula is C15H15N3OS. The molecule has 0 fully saturated rings.